The summed E-state index contributed by atoms with van der Waals surface area (Å²) in [7, 11) is 1.89. The Bertz CT molecular complexity index is 752. The fourth-order valence-corrected chi connectivity index (χ4v) is 2.61. The number of rotatable bonds is 6. The summed E-state index contributed by atoms with van der Waals surface area (Å²) in [6.07, 6.45) is 1.76. The maximum Gasteiger partial charge on any atom is 0.131 e. The average molecular weight is 373 g/mol. The van der Waals surface area contributed by atoms with E-state index in [1.54, 1.807) is 10.9 Å². The maximum atomic E-state index is 5.83. The summed E-state index contributed by atoms with van der Waals surface area (Å²) in [5.74, 6) is 1.55. The van der Waals surface area contributed by atoms with Gasteiger partial charge in [0.15, 0.2) is 0 Å². The highest BCUT2D eigenvalue weighted by Crippen LogP contribution is 2.23. The highest BCUT2D eigenvalue weighted by molar-refractivity contribution is 9.10. The lowest BCUT2D eigenvalue weighted by Gasteiger charge is -2.10. The number of benzene rings is 2. The molecule has 118 valence electrons. The summed E-state index contributed by atoms with van der Waals surface area (Å²) in [5.41, 5.74) is 2.12. The van der Waals surface area contributed by atoms with E-state index in [9.17, 15) is 0 Å². The molecule has 0 aliphatic rings. The highest BCUT2D eigenvalue weighted by Gasteiger charge is 2.07. The van der Waals surface area contributed by atoms with E-state index in [1.807, 2.05) is 61.6 Å². The number of aromatic nitrogens is 2. The monoisotopic (exact) mass is 372 g/mol. The Hall–Kier alpha value is -2.27. The van der Waals surface area contributed by atoms with Gasteiger partial charge in [0, 0.05) is 13.1 Å². The van der Waals surface area contributed by atoms with Gasteiger partial charge in [0.2, 0.25) is 0 Å². The van der Waals surface area contributed by atoms with Crippen LogP contribution in [0.2, 0.25) is 0 Å². The first-order chi connectivity index (χ1) is 11.2. The lowest BCUT2D eigenvalue weighted by molar-refractivity contribution is 0.283. The molecule has 0 saturated heterocycles. The van der Waals surface area contributed by atoms with Crippen molar-refractivity contribution in [3.63, 3.8) is 0 Å². The van der Waals surface area contributed by atoms with Gasteiger partial charge in [-0.2, -0.15) is 5.10 Å². The predicted octanol–water partition coefficient (Wildman–Crippen LogP) is 4.34. The normalized spacial score (nSPS) is 10.5. The predicted molar refractivity (Wildman–Crippen MR) is 92.5 cm³/mol. The van der Waals surface area contributed by atoms with E-state index in [0.29, 0.717) is 13.2 Å². The number of halogens is 1. The third kappa shape index (κ3) is 4.13. The number of aryl methyl sites for hydroxylation is 1. The zero-order valence-corrected chi connectivity index (χ0v) is 14.4. The average Bonchev–Trinajstić information content (AvgIpc) is 2.91. The molecule has 0 unspecified atom stereocenters. The molecule has 0 amide bonds. The number of ether oxygens (including phenoxy) is 2. The van der Waals surface area contributed by atoms with Gasteiger partial charge in [0.1, 0.15) is 24.7 Å². The van der Waals surface area contributed by atoms with Gasteiger partial charge >= 0.3 is 0 Å². The minimum atomic E-state index is 0.444. The topological polar surface area (TPSA) is 36.3 Å². The van der Waals surface area contributed by atoms with Crippen LogP contribution in [0.5, 0.6) is 11.5 Å². The molecule has 0 fully saturated rings. The Morgan fingerprint density at radius 1 is 0.957 bits per heavy atom. The van der Waals surface area contributed by atoms with Gasteiger partial charge < -0.3 is 9.47 Å². The summed E-state index contributed by atoms with van der Waals surface area (Å²) >= 11 is 3.47. The molecule has 0 radical (unpaired) electrons. The number of hydrogen-bond acceptors (Lipinski definition) is 3. The lowest BCUT2D eigenvalue weighted by atomic mass is 10.2. The molecule has 0 bridgehead atoms. The molecule has 3 aromatic rings. The molecule has 0 atom stereocenters. The first-order valence-corrected chi connectivity index (χ1v) is 8.07. The van der Waals surface area contributed by atoms with Gasteiger partial charge in [-0.25, -0.2) is 0 Å². The van der Waals surface area contributed by atoms with Gasteiger partial charge in [-0.1, -0.05) is 36.4 Å². The van der Waals surface area contributed by atoms with E-state index in [0.717, 1.165) is 27.2 Å². The summed E-state index contributed by atoms with van der Waals surface area (Å²) in [6.45, 7) is 0.983. The van der Waals surface area contributed by atoms with E-state index in [4.69, 9.17) is 9.47 Å². The van der Waals surface area contributed by atoms with Crippen molar-refractivity contribution in [1.29, 1.82) is 0 Å². The quantitative estimate of drug-likeness (QED) is 0.645. The van der Waals surface area contributed by atoms with Crippen LogP contribution in [0, 0.1) is 0 Å². The highest BCUT2D eigenvalue weighted by atomic mass is 79.9. The van der Waals surface area contributed by atoms with E-state index >= 15 is 0 Å². The fraction of sp³-hybridized carbons (Fsp3) is 0.167. The Kier molecular flexibility index (Phi) is 4.98. The molecule has 0 aliphatic heterocycles. The van der Waals surface area contributed by atoms with Gasteiger partial charge in [0.05, 0.1) is 16.4 Å². The third-order valence-corrected chi connectivity index (χ3v) is 4.10. The van der Waals surface area contributed by atoms with Crippen LogP contribution in [-0.2, 0) is 20.3 Å². The molecule has 0 N–H and O–H groups in total. The lowest BCUT2D eigenvalue weighted by Crippen LogP contribution is -2.04. The molecule has 1 aromatic heterocycles. The van der Waals surface area contributed by atoms with Crippen LogP contribution in [-0.4, -0.2) is 9.78 Å². The number of hydrogen-bond donors (Lipinski definition) is 0. The summed E-state index contributed by atoms with van der Waals surface area (Å²) in [6, 6.07) is 17.7. The SMILES string of the molecule is Cn1ncc(Br)c1COc1cccc(OCc2ccccc2)c1. The minimum absolute atomic E-state index is 0.444. The smallest absolute Gasteiger partial charge is 0.131 e. The van der Waals surface area contributed by atoms with Crippen molar-refractivity contribution in [3.8, 4) is 11.5 Å². The molecule has 0 spiro atoms. The molecule has 1 heterocycles. The zero-order chi connectivity index (χ0) is 16.1. The number of nitrogens with zero attached hydrogens (tertiary/aromatic N) is 2. The largest absolute Gasteiger partial charge is 0.489 e. The van der Waals surface area contributed by atoms with Crippen molar-refractivity contribution < 1.29 is 9.47 Å². The van der Waals surface area contributed by atoms with E-state index in [2.05, 4.69) is 21.0 Å². The Morgan fingerprint density at radius 3 is 2.30 bits per heavy atom. The first-order valence-electron chi connectivity index (χ1n) is 7.28. The molecule has 0 saturated carbocycles. The van der Waals surface area contributed by atoms with Crippen LogP contribution >= 0.6 is 15.9 Å². The van der Waals surface area contributed by atoms with E-state index in [-0.39, 0.29) is 0 Å². The molecular formula is C18H17BrN2O2. The summed E-state index contributed by atoms with van der Waals surface area (Å²) < 4.78 is 14.4. The van der Waals surface area contributed by atoms with E-state index in [1.165, 1.54) is 0 Å². The first kappa shape index (κ1) is 15.6. The summed E-state index contributed by atoms with van der Waals surface area (Å²) in [4.78, 5) is 0. The Morgan fingerprint density at radius 2 is 1.65 bits per heavy atom. The van der Waals surface area contributed by atoms with Crippen LogP contribution in [0.4, 0.5) is 0 Å². The van der Waals surface area contributed by atoms with Crippen molar-refractivity contribution in [1.82, 2.24) is 9.78 Å². The second-order valence-corrected chi connectivity index (χ2v) is 5.95. The minimum Gasteiger partial charge on any atom is -0.489 e. The molecular weight excluding hydrogens is 356 g/mol. The molecule has 4 nitrogen and oxygen atoms in total. The van der Waals surface area contributed by atoms with Crippen LogP contribution in [0.15, 0.2) is 65.3 Å². The van der Waals surface area contributed by atoms with Gasteiger partial charge in [-0.15, -0.1) is 0 Å². The van der Waals surface area contributed by atoms with Crippen molar-refractivity contribution >= 4 is 15.9 Å². The Balaban J connectivity index is 1.61. The van der Waals surface area contributed by atoms with Crippen LogP contribution in [0.3, 0.4) is 0 Å². The van der Waals surface area contributed by atoms with Crippen LogP contribution in [0.1, 0.15) is 11.3 Å². The second kappa shape index (κ2) is 7.33. The van der Waals surface area contributed by atoms with Crippen molar-refractivity contribution in [2.75, 3.05) is 0 Å². The maximum absolute atomic E-state index is 5.83. The van der Waals surface area contributed by atoms with Gasteiger partial charge in [-0.05, 0) is 33.6 Å². The fourth-order valence-electron chi connectivity index (χ4n) is 2.14. The van der Waals surface area contributed by atoms with Crippen molar-refractivity contribution in [2.45, 2.75) is 13.2 Å². The van der Waals surface area contributed by atoms with Crippen molar-refractivity contribution in [3.05, 3.63) is 76.5 Å². The Labute approximate surface area is 143 Å². The molecule has 5 heteroatoms. The van der Waals surface area contributed by atoms with Crippen LogP contribution < -0.4 is 9.47 Å². The van der Waals surface area contributed by atoms with Gasteiger partial charge in [0.25, 0.3) is 0 Å². The third-order valence-electron chi connectivity index (χ3n) is 3.44. The van der Waals surface area contributed by atoms with Crippen LogP contribution in [0.25, 0.3) is 0 Å². The molecule has 3 rings (SSSR count). The van der Waals surface area contributed by atoms with E-state index < -0.39 is 0 Å². The molecule has 0 aliphatic carbocycles. The molecule has 2 aromatic carbocycles. The molecule has 23 heavy (non-hydrogen) atoms. The summed E-state index contributed by atoms with van der Waals surface area (Å²) in [5, 5.41) is 4.17. The zero-order valence-electron chi connectivity index (χ0n) is 12.8. The van der Waals surface area contributed by atoms with Gasteiger partial charge in [-0.3, -0.25) is 4.68 Å². The second-order valence-electron chi connectivity index (χ2n) is 5.10. The van der Waals surface area contributed by atoms with Crippen molar-refractivity contribution in [2.24, 2.45) is 7.05 Å². The standard InChI is InChI=1S/C18H17BrN2O2/c1-21-18(17(19)11-20-21)13-23-16-9-5-8-15(10-16)22-12-14-6-3-2-4-7-14/h2-11H,12-13H2,1H3.